The van der Waals surface area contributed by atoms with Crippen LogP contribution in [0.4, 0.5) is 0 Å². The molecule has 0 aromatic heterocycles. The van der Waals surface area contributed by atoms with E-state index in [-0.39, 0.29) is 18.1 Å². The van der Waals surface area contributed by atoms with Gasteiger partial charge >= 0.3 is 5.97 Å². The van der Waals surface area contributed by atoms with E-state index in [0.717, 1.165) is 0 Å². The number of hydrogen-bond acceptors (Lipinski definition) is 7. The second-order valence-corrected chi connectivity index (χ2v) is 8.66. The number of carboxylic acid groups (broad SMARTS) is 1. The summed E-state index contributed by atoms with van der Waals surface area (Å²) in [6.07, 6.45) is 0.537. The summed E-state index contributed by atoms with van der Waals surface area (Å²) in [6.45, 7) is 6.25. The van der Waals surface area contributed by atoms with Gasteiger partial charge in [0.1, 0.15) is 29.9 Å². The van der Waals surface area contributed by atoms with E-state index in [4.69, 9.17) is 10.8 Å². The number of phenols is 1. The third-order valence-electron chi connectivity index (χ3n) is 5.57. The Morgan fingerprint density at radius 3 is 1.94 bits per heavy atom. The Morgan fingerprint density at radius 2 is 1.47 bits per heavy atom. The second kappa shape index (κ2) is 13.5. The zero-order valence-electron chi connectivity index (χ0n) is 19.9. The first-order chi connectivity index (χ1) is 15.9. The summed E-state index contributed by atoms with van der Waals surface area (Å²) in [6, 6.07) is 1.44. The minimum Gasteiger partial charge on any atom is -0.508 e. The lowest BCUT2D eigenvalue weighted by molar-refractivity contribution is -0.143. The van der Waals surface area contributed by atoms with Crippen LogP contribution in [0.2, 0.25) is 0 Å². The van der Waals surface area contributed by atoms with Crippen LogP contribution in [0.15, 0.2) is 24.3 Å². The molecule has 11 nitrogen and oxygen atoms in total. The molecular formula is C23H36N4O7. The highest BCUT2D eigenvalue weighted by atomic mass is 16.4. The van der Waals surface area contributed by atoms with Gasteiger partial charge in [0, 0.05) is 6.42 Å². The Bertz CT molecular complexity index is 844. The lowest BCUT2D eigenvalue weighted by Crippen LogP contribution is -2.59. The predicted molar refractivity (Wildman–Crippen MR) is 125 cm³/mol. The van der Waals surface area contributed by atoms with Gasteiger partial charge in [0.15, 0.2) is 0 Å². The number of nitrogens with two attached hydrogens (primary N) is 1. The van der Waals surface area contributed by atoms with Crippen molar-refractivity contribution in [3.05, 3.63) is 29.8 Å². The number of benzene rings is 1. The van der Waals surface area contributed by atoms with Crippen molar-refractivity contribution >= 4 is 23.7 Å². The first-order valence-electron chi connectivity index (χ1n) is 11.2. The number of amides is 3. The summed E-state index contributed by atoms with van der Waals surface area (Å²) in [7, 11) is 0. The van der Waals surface area contributed by atoms with Crippen molar-refractivity contribution in [1.29, 1.82) is 0 Å². The minimum absolute atomic E-state index is 0.0135. The van der Waals surface area contributed by atoms with E-state index < -0.39 is 60.4 Å². The second-order valence-electron chi connectivity index (χ2n) is 8.66. The van der Waals surface area contributed by atoms with Gasteiger partial charge in [0.2, 0.25) is 17.7 Å². The molecule has 5 unspecified atom stereocenters. The van der Waals surface area contributed by atoms with Crippen LogP contribution >= 0.6 is 0 Å². The largest absolute Gasteiger partial charge is 0.508 e. The zero-order chi connectivity index (χ0) is 26.0. The number of aliphatic hydroxyl groups excluding tert-OH is 1. The van der Waals surface area contributed by atoms with E-state index in [1.165, 1.54) is 12.1 Å². The van der Waals surface area contributed by atoms with E-state index in [1.54, 1.807) is 32.9 Å². The van der Waals surface area contributed by atoms with Crippen LogP contribution in [0.25, 0.3) is 0 Å². The summed E-state index contributed by atoms with van der Waals surface area (Å²) in [5.41, 5.74) is 6.16. The van der Waals surface area contributed by atoms with Gasteiger partial charge in [-0.25, -0.2) is 4.79 Å². The maximum absolute atomic E-state index is 13.1. The number of carbonyl (C=O) groups is 4. The van der Waals surface area contributed by atoms with Crippen molar-refractivity contribution < 1.29 is 34.5 Å². The fourth-order valence-corrected chi connectivity index (χ4v) is 3.15. The molecule has 0 fully saturated rings. The van der Waals surface area contributed by atoms with Crippen LogP contribution in [0, 0.1) is 11.8 Å². The van der Waals surface area contributed by atoms with Crippen LogP contribution in [-0.4, -0.2) is 69.8 Å². The quantitative estimate of drug-likeness (QED) is 0.196. The van der Waals surface area contributed by atoms with Crippen molar-refractivity contribution in [2.75, 3.05) is 6.61 Å². The van der Waals surface area contributed by atoms with Crippen LogP contribution in [0.3, 0.4) is 0 Å². The average Bonchev–Trinajstić information content (AvgIpc) is 2.79. The molecule has 0 aliphatic carbocycles. The number of phenolic OH excluding ortho intramolecular Hbond substituents is 1. The summed E-state index contributed by atoms with van der Waals surface area (Å²) >= 11 is 0. The number of rotatable bonds is 13. The summed E-state index contributed by atoms with van der Waals surface area (Å²) < 4.78 is 0. The lowest BCUT2D eigenvalue weighted by atomic mass is 9.96. The molecule has 0 aliphatic heterocycles. The molecule has 0 saturated heterocycles. The predicted octanol–water partition coefficient (Wildman–Crippen LogP) is -0.505. The molecule has 1 rings (SSSR count). The topological polar surface area (TPSA) is 191 Å². The highest BCUT2D eigenvalue weighted by Crippen LogP contribution is 2.14. The smallest absolute Gasteiger partial charge is 0.326 e. The molecule has 0 radical (unpaired) electrons. The molecule has 0 bridgehead atoms. The number of aromatic hydroxyl groups is 1. The van der Waals surface area contributed by atoms with Crippen molar-refractivity contribution in [3.63, 3.8) is 0 Å². The van der Waals surface area contributed by atoms with E-state index in [9.17, 15) is 29.4 Å². The van der Waals surface area contributed by atoms with Crippen molar-refractivity contribution in [3.8, 4) is 5.75 Å². The van der Waals surface area contributed by atoms with Crippen molar-refractivity contribution in [2.45, 2.75) is 64.7 Å². The molecule has 0 spiro atoms. The summed E-state index contributed by atoms with van der Waals surface area (Å²) in [5.74, 6) is -3.98. The summed E-state index contributed by atoms with van der Waals surface area (Å²) in [5, 5.41) is 35.7. The van der Waals surface area contributed by atoms with Gasteiger partial charge < -0.3 is 37.0 Å². The zero-order valence-corrected chi connectivity index (χ0v) is 19.9. The number of nitrogens with one attached hydrogen (secondary N) is 3. The van der Waals surface area contributed by atoms with Crippen LogP contribution in [0.5, 0.6) is 5.75 Å². The molecule has 8 N–H and O–H groups in total. The summed E-state index contributed by atoms with van der Waals surface area (Å²) in [4.78, 5) is 49.9. The Labute approximate surface area is 199 Å². The van der Waals surface area contributed by atoms with E-state index in [1.807, 2.05) is 6.92 Å². The number of hydrogen-bond donors (Lipinski definition) is 7. The third-order valence-corrected chi connectivity index (χ3v) is 5.57. The van der Waals surface area contributed by atoms with Gasteiger partial charge in [0.25, 0.3) is 0 Å². The molecule has 11 heteroatoms. The Morgan fingerprint density at radius 1 is 0.912 bits per heavy atom. The van der Waals surface area contributed by atoms with Crippen molar-refractivity contribution in [2.24, 2.45) is 17.6 Å². The molecule has 1 aromatic rings. The third kappa shape index (κ3) is 8.64. The highest BCUT2D eigenvalue weighted by molar-refractivity contribution is 5.94. The molecule has 0 heterocycles. The monoisotopic (exact) mass is 480 g/mol. The molecule has 3 amide bonds. The van der Waals surface area contributed by atoms with Gasteiger partial charge in [-0.1, -0.05) is 46.2 Å². The Hall–Kier alpha value is -3.18. The van der Waals surface area contributed by atoms with E-state index in [2.05, 4.69) is 16.0 Å². The molecule has 190 valence electrons. The van der Waals surface area contributed by atoms with Gasteiger partial charge in [-0.05, 0) is 29.5 Å². The number of carboxylic acids is 1. The van der Waals surface area contributed by atoms with E-state index in [0.29, 0.717) is 12.0 Å². The SMILES string of the molecule is CCC(C)C(NC(=O)C(N)CO)C(=O)NC(Cc1ccc(O)cc1)C(=O)NC(C(=O)O)C(C)C. The van der Waals surface area contributed by atoms with Crippen LogP contribution in [0.1, 0.15) is 39.7 Å². The first-order valence-corrected chi connectivity index (χ1v) is 11.2. The number of aliphatic hydroxyl groups is 1. The van der Waals surface area contributed by atoms with Crippen LogP contribution < -0.4 is 21.7 Å². The first kappa shape index (κ1) is 28.9. The molecule has 0 saturated carbocycles. The van der Waals surface area contributed by atoms with E-state index >= 15 is 0 Å². The fourth-order valence-electron chi connectivity index (χ4n) is 3.15. The number of aliphatic carboxylic acids is 1. The van der Waals surface area contributed by atoms with Crippen molar-refractivity contribution in [1.82, 2.24) is 16.0 Å². The standard InChI is InChI=1S/C23H36N4O7/c1-5-13(4)19(27-20(30)16(24)11-28)22(32)25-17(10-14-6-8-15(29)9-7-14)21(31)26-18(12(2)3)23(33)34/h6-9,12-13,16-19,28-29H,5,10-11,24H2,1-4H3,(H,25,32)(H,26,31)(H,27,30)(H,33,34). The average molecular weight is 481 g/mol. The molecule has 0 aliphatic rings. The van der Waals surface area contributed by atoms with Gasteiger partial charge in [-0.2, -0.15) is 0 Å². The lowest BCUT2D eigenvalue weighted by Gasteiger charge is -2.28. The molecule has 5 atom stereocenters. The van der Waals surface area contributed by atoms with Gasteiger partial charge in [-0.3, -0.25) is 14.4 Å². The van der Waals surface area contributed by atoms with Gasteiger partial charge in [0.05, 0.1) is 6.61 Å². The highest BCUT2D eigenvalue weighted by Gasteiger charge is 2.33. The molecule has 34 heavy (non-hydrogen) atoms. The molecule has 1 aromatic carbocycles. The maximum atomic E-state index is 13.1. The normalized spacial score (nSPS) is 15.5. The molecular weight excluding hydrogens is 444 g/mol. The minimum atomic E-state index is -1.21. The number of carbonyl (C=O) groups excluding carboxylic acids is 3. The Kier molecular flexibility index (Phi) is 11.5. The Balaban J connectivity index is 3.18. The maximum Gasteiger partial charge on any atom is 0.326 e. The van der Waals surface area contributed by atoms with Gasteiger partial charge in [-0.15, -0.1) is 0 Å². The van der Waals surface area contributed by atoms with Crippen LogP contribution in [-0.2, 0) is 25.6 Å². The fraction of sp³-hybridized carbons (Fsp3) is 0.565.